The molecule has 0 unspecified atom stereocenters. The van der Waals surface area contributed by atoms with Crippen LogP contribution in [0.3, 0.4) is 0 Å². The molecule has 3 rings (SSSR count). The zero-order valence-electron chi connectivity index (χ0n) is 18.8. The number of benzene rings is 2. The van der Waals surface area contributed by atoms with Gasteiger partial charge in [0.05, 0.1) is 5.56 Å². The van der Waals surface area contributed by atoms with Gasteiger partial charge in [0, 0.05) is 4.90 Å². The van der Waals surface area contributed by atoms with Gasteiger partial charge < -0.3 is 10.5 Å². The Morgan fingerprint density at radius 3 is 1.97 bits per heavy atom. The third-order valence-electron chi connectivity index (χ3n) is 5.28. The van der Waals surface area contributed by atoms with Crippen molar-refractivity contribution in [3.8, 4) is 0 Å². The van der Waals surface area contributed by atoms with Gasteiger partial charge in [0.25, 0.3) is 0 Å². The summed E-state index contributed by atoms with van der Waals surface area (Å²) < 4.78 is 65.3. The van der Waals surface area contributed by atoms with Crippen LogP contribution < -0.4 is 5.73 Å². The fraction of sp³-hybridized carbons (Fsp3) is 0.478. The maximum atomic E-state index is 12.5. The minimum atomic E-state index is -4.49. The van der Waals surface area contributed by atoms with E-state index in [1.54, 1.807) is 0 Å². The Kier molecular flexibility index (Phi) is 12.6. The summed E-state index contributed by atoms with van der Waals surface area (Å²) in [4.78, 5) is -0.242. The van der Waals surface area contributed by atoms with Crippen LogP contribution in [0.1, 0.15) is 62.1 Å². The summed E-state index contributed by atoms with van der Waals surface area (Å²) in [6.07, 6.45) is -1.42. The van der Waals surface area contributed by atoms with Crippen LogP contribution in [0.2, 0.25) is 0 Å². The summed E-state index contributed by atoms with van der Waals surface area (Å²) in [7, 11) is 0.591. The van der Waals surface area contributed by atoms with E-state index >= 15 is 0 Å². The van der Waals surface area contributed by atoms with E-state index in [2.05, 4.69) is 59.4 Å². The van der Waals surface area contributed by atoms with Gasteiger partial charge in [-0.15, -0.1) is 6.04 Å². The van der Waals surface area contributed by atoms with E-state index in [-0.39, 0.29) is 10.9 Å². The number of hydrogen-bond donors (Lipinski definition) is 1. The molecule has 2 N–H and O–H groups in total. The van der Waals surface area contributed by atoms with Crippen molar-refractivity contribution in [3.63, 3.8) is 0 Å². The van der Waals surface area contributed by atoms with Gasteiger partial charge >= 0.3 is 33.2 Å². The van der Waals surface area contributed by atoms with Crippen molar-refractivity contribution in [2.45, 2.75) is 75.5 Å². The molecule has 0 aromatic heterocycles. The molecular weight excluding hydrogens is 562 g/mol. The molecule has 1 fully saturated rings. The molecule has 0 radical (unpaired) electrons. The zero-order valence-corrected chi connectivity index (χ0v) is 22.1. The van der Waals surface area contributed by atoms with Crippen LogP contribution in [0.25, 0.3) is 4.72 Å². The average Bonchev–Trinajstić information content (AvgIpc) is 2.77. The molecule has 0 bridgehead atoms. The van der Waals surface area contributed by atoms with Crippen LogP contribution in [0, 0.1) is 6.92 Å². The van der Waals surface area contributed by atoms with Crippen molar-refractivity contribution in [2.75, 3.05) is 0 Å². The molecule has 33 heavy (non-hydrogen) atoms. The van der Waals surface area contributed by atoms with Crippen LogP contribution >= 0.6 is 9.69 Å². The van der Waals surface area contributed by atoms with Crippen molar-refractivity contribution in [2.24, 2.45) is 5.73 Å². The van der Waals surface area contributed by atoms with E-state index in [1.165, 1.54) is 11.1 Å². The number of nitrogens with two attached hydrogens (primary N) is 1. The number of hydrogen-bond acceptors (Lipinski definition) is 3. The third-order valence-corrected chi connectivity index (χ3v) is 6.70. The molecule has 2 atom stereocenters. The number of aryl methyl sites for hydroxylation is 1. The topological polar surface area (TPSA) is 74.3 Å². The Morgan fingerprint density at radius 1 is 1.00 bits per heavy atom. The summed E-state index contributed by atoms with van der Waals surface area (Å²) in [6, 6.07) is 11.2. The second-order valence-electron chi connectivity index (χ2n) is 8.18. The van der Waals surface area contributed by atoms with Gasteiger partial charge in [-0.2, -0.15) is 13.2 Å². The molecule has 0 heterocycles. The van der Waals surface area contributed by atoms with Crippen LogP contribution in [0.4, 0.5) is 13.2 Å². The van der Waals surface area contributed by atoms with Crippen LogP contribution in [-0.4, -0.2) is 20.5 Å². The maximum absolute atomic E-state index is 12.5. The molecule has 1 saturated carbocycles. The molecule has 10 heteroatoms. The SMILES string of the molecule is Cc1ccc(C(C)C)cc1.N[C@H]1CCCC[C@@H]1[N-]S(=O)(=O)c1ccc(C(F)(F)F)cc1.[Cl][Ru+]. The first-order valence-electron chi connectivity index (χ1n) is 10.5. The quantitative estimate of drug-likeness (QED) is 0.396. The minimum absolute atomic E-state index is 0.242. The van der Waals surface area contributed by atoms with Gasteiger partial charge in [-0.25, -0.2) is 8.42 Å². The molecular formula is C23H30ClF3N2O2RuS. The second kappa shape index (κ2) is 13.8. The number of halogens is 4. The molecule has 0 amide bonds. The first kappa shape index (κ1) is 30.0. The number of nitrogens with zero attached hydrogens (tertiary/aromatic N) is 1. The van der Waals surface area contributed by atoms with E-state index in [0.717, 1.165) is 37.1 Å². The Hall–Kier alpha value is -0.987. The second-order valence-corrected chi connectivity index (χ2v) is 9.82. The van der Waals surface area contributed by atoms with Crippen LogP contribution in [0.5, 0.6) is 0 Å². The fourth-order valence-electron chi connectivity index (χ4n) is 3.28. The molecule has 186 valence electrons. The number of alkyl halides is 3. The van der Waals surface area contributed by atoms with Crippen molar-refractivity contribution < 1.29 is 38.9 Å². The molecule has 0 saturated heterocycles. The third kappa shape index (κ3) is 10.0. The molecule has 1 aliphatic rings. The number of rotatable bonds is 4. The Balaban J connectivity index is 0.000000380. The van der Waals surface area contributed by atoms with Crippen molar-refractivity contribution in [1.82, 2.24) is 0 Å². The normalized spacial score (nSPS) is 18.6. The molecule has 2 aromatic carbocycles. The van der Waals surface area contributed by atoms with Gasteiger partial charge in [0.2, 0.25) is 0 Å². The van der Waals surface area contributed by atoms with Gasteiger partial charge in [0.1, 0.15) is 10.0 Å². The van der Waals surface area contributed by atoms with E-state index in [4.69, 9.17) is 5.73 Å². The number of sulfonamides is 1. The predicted octanol–water partition coefficient (Wildman–Crippen LogP) is 6.84. The summed E-state index contributed by atoms with van der Waals surface area (Å²) in [6.45, 7) is 6.54. The fourth-order valence-corrected chi connectivity index (χ4v) is 4.50. The Labute approximate surface area is 209 Å². The molecule has 1 aliphatic carbocycles. The summed E-state index contributed by atoms with van der Waals surface area (Å²) in [5.41, 5.74) is 7.70. The Bertz CT molecular complexity index is 938. The predicted molar refractivity (Wildman–Crippen MR) is 123 cm³/mol. The standard InChI is InChI=1S/C13H16F3N2O2S.C10H14.ClH.Ru/c14-13(15,16)9-5-7-10(8-6-9)21(19,20)18-12-4-2-1-3-11(12)17;1-8(2)10-6-4-9(3)5-7-10;;/h5-8,11-12H,1-4,17H2;4-8H,1-3H3;1H;/q-1;;;+2/p-1/t11-,12-;;;/m0.../s1. The van der Waals surface area contributed by atoms with E-state index in [1.807, 2.05) is 17.3 Å². The summed E-state index contributed by atoms with van der Waals surface area (Å²) >= 11 is 1.82. The summed E-state index contributed by atoms with van der Waals surface area (Å²) in [5.74, 6) is 0.653. The molecule has 4 nitrogen and oxygen atoms in total. The van der Waals surface area contributed by atoms with E-state index in [9.17, 15) is 21.6 Å². The van der Waals surface area contributed by atoms with Gasteiger partial charge in [-0.1, -0.05) is 62.9 Å². The van der Waals surface area contributed by atoms with Crippen LogP contribution in [0.15, 0.2) is 53.4 Å². The van der Waals surface area contributed by atoms with E-state index < -0.39 is 27.8 Å². The van der Waals surface area contributed by atoms with Gasteiger partial charge in [0.15, 0.2) is 0 Å². The first-order valence-corrected chi connectivity index (χ1v) is 14.2. The van der Waals surface area contributed by atoms with E-state index in [0.29, 0.717) is 18.8 Å². The molecule has 0 spiro atoms. The summed E-state index contributed by atoms with van der Waals surface area (Å²) in [5, 5.41) is 0. The van der Waals surface area contributed by atoms with Gasteiger partial charge in [-0.05, 0) is 55.1 Å². The van der Waals surface area contributed by atoms with Crippen LogP contribution in [-0.2, 0) is 33.5 Å². The first-order chi connectivity index (χ1) is 15.4. The zero-order chi connectivity index (χ0) is 25.2. The van der Waals surface area contributed by atoms with Crippen molar-refractivity contribution in [1.29, 1.82) is 0 Å². The average molecular weight is 592 g/mol. The Morgan fingerprint density at radius 2 is 1.52 bits per heavy atom. The molecule has 2 aromatic rings. The van der Waals surface area contributed by atoms with Crippen molar-refractivity contribution in [3.05, 3.63) is 69.9 Å². The van der Waals surface area contributed by atoms with Gasteiger partial charge in [-0.3, -0.25) is 0 Å². The molecule has 0 aliphatic heterocycles. The monoisotopic (exact) mass is 592 g/mol. The van der Waals surface area contributed by atoms with Crippen molar-refractivity contribution >= 4 is 19.7 Å².